The molecule has 0 radical (unpaired) electrons. The van der Waals surface area contributed by atoms with Crippen molar-refractivity contribution in [1.29, 1.82) is 0 Å². The lowest BCUT2D eigenvalue weighted by Gasteiger charge is -2.34. The molecule has 1 aromatic heterocycles. The number of aryl methyl sites for hydroxylation is 1. The summed E-state index contributed by atoms with van der Waals surface area (Å²) in [5.74, 6) is 0. The summed E-state index contributed by atoms with van der Waals surface area (Å²) in [6.07, 6.45) is 2.42. The Morgan fingerprint density at radius 2 is 2.41 bits per heavy atom. The van der Waals surface area contributed by atoms with Gasteiger partial charge >= 0.3 is 0 Å². The maximum Gasteiger partial charge on any atom is 0.123 e. The van der Waals surface area contributed by atoms with Crippen molar-refractivity contribution in [2.45, 2.75) is 45.8 Å². The third kappa shape index (κ3) is 3.27. The molecule has 0 bridgehead atoms. The lowest BCUT2D eigenvalue weighted by molar-refractivity contribution is -0.0403. The van der Waals surface area contributed by atoms with E-state index in [9.17, 15) is 0 Å². The molecule has 0 amide bonds. The fourth-order valence-electron chi connectivity index (χ4n) is 2.13. The second kappa shape index (κ2) is 5.94. The number of morpholine rings is 1. The highest BCUT2D eigenvalue weighted by molar-refractivity contribution is 7.09. The van der Waals surface area contributed by atoms with Crippen LogP contribution in [0.3, 0.4) is 0 Å². The predicted octanol–water partition coefficient (Wildman–Crippen LogP) is 2.88. The van der Waals surface area contributed by atoms with E-state index in [0.717, 1.165) is 37.5 Å². The fourth-order valence-corrected chi connectivity index (χ4v) is 3.02. The molecule has 1 fully saturated rings. The predicted molar refractivity (Wildman–Crippen MR) is 71.5 cm³/mol. The molecule has 0 aromatic carbocycles. The molecule has 0 N–H and O–H groups in total. The van der Waals surface area contributed by atoms with Crippen molar-refractivity contribution in [1.82, 2.24) is 9.88 Å². The van der Waals surface area contributed by atoms with Gasteiger partial charge in [0.2, 0.25) is 0 Å². The molecular formula is C13H22N2OS. The van der Waals surface area contributed by atoms with Crippen molar-refractivity contribution in [2.24, 2.45) is 0 Å². The first-order chi connectivity index (χ1) is 8.20. The third-order valence-corrected chi connectivity index (χ3v) is 4.16. The first-order valence-electron chi connectivity index (χ1n) is 6.50. The van der Waals surface area contributed by atoms with Crippen LogP contribution in [0.25, 0.3) is 0 Å². The molecule has 2 rings (SSSR count). The summed E-state index contributed by atoms with van der Waals surface area (Å²) in [6, 6.07) is 0.594. The van der Waals surface area contributed by atoms with E-state index in [2.05, 4.69) is 36.0 Å². The average molecular weight is 254 g/mol. The van der Waals surface area contributed by atoms with Crippen molar-refractivity contribution in [3.63, 3.8) is 0 Å². The summed E-state index contributed by atoms with van der Waals surface area (Å²) < 4.78 is 5.84. The molecular weight excluding hydrogens is 232 g/mol. The quantitative estimate of drug-likeness (QED) is 0.826. The van der Waals surface area contributed by atoms with Crippen LogP contribution in [0.1, 0.15) is 44.0 Å². The molecule has 2 heterocycles. The Kier molecular flexibility index (Phi) is 4.54. The summed E-state index contributed by atoms with van der Waals surface area (Å²) in [7, 11) is 0. The van der Waals surface area contributed by atoms with E-state index in [1.165, 1.54) is 5.69 Å². The van der Waals surface area contributed by atoms with Crippen LogP contribution in [-0.2, 0) is 11.2 Å². The third-order valence-electron chi connectivity index (χ3n) is 3.18. The maximum atomic E-state index is 5.84. The zero-order valence-electron chi connectivity index (χ0n) is 11.0. The highest BCUT2D eigenvalue weighted by atomic mass is 32.1. The van der Waals surface area contributed by atoms with Crippen molar-refractivity contribution in [3.05, 3.63) is 16.1 Å². The number of aromatic nitrogens is 1. The van der Waals surface area contributed by atoms with Crippen molar-refractivity contribution < 1.29 is 4.74 Å². The van der Waals surface area contributed by atoms with Crippen LogP contribution in [0.5, 0.6) is 0 Å². The van der Waals surface area contributed by atoms with Gasteiger partial charge in [-0.1, -0.05) is 13.3 Å². The van der Waals surface area contributed by atoms with E-state index in [4.69, 9.17) is 4.74 Å². The Bertz CT molecular complexity index is 351. The van der Waals surface area contributed by atoms with E-state index in [1.54, 1.807) is 11.3 Å². The minimum absolute atomic E-state index is 0.182. The van der Waals surface area contributed by atoms with Gasteiger partial charge < -0.3 is 4.74 Å². The lowest BCUT2D eigenvalue weighted by Crippen LogP contribution is -2.42. The summed E-state index contributed by atoms with van der Waals surface area (Å²) in [6.45, 7) is 9.53. The second-order valence-electron chi connectivity index (χ2n) is 4.88. The molecule has 17 heavy (non-hydrogen) atoms. The van der Waals surface area contributed by atoms with Crippen LogP contribution in [0.4, 0.5) is 0 Å². The monoisotopic (exact) mass is 254 g/mol. The normalized spacial score (nSPS) is 22.2. The summed E-state index contributed by atoms with van der Waals surface area (Å²) in [5, 5.41) is 3.33. The number of hydrogen-bond acceptors (Lipinski definition) is 4. The zero-order valence-corrected chi connectivity index (χ0v) is 11.8. The van der Waals surface area contributed by atoms with E-state index in [-0.39, 0.29) is 6.10 Å². The molecule has 0 aliphatic carbocycles. The average Bonchev–Trinajstić information content (AvgIpc) is 2.78. The number of hydrogen-bond donors (Lipinski definition) is 0. The molecule has 1 saturated heterocycles. The van der Waals surface area contributed by atoms with Gasteiger partial charge in [0.25, 0.3) is 0 Å². The lowest BCUT2D eigenvalue weighted by atomic mass is 10.2. The van der Waals surface area contributed by atoms with Crippen molar-refractivity contribution in [3.8, 4) is 0 Å². The number of nitrogens with zero attached hydrogens (tertiary/aromatic N) is 2. The molecule has 1 aliphatic heterocycles. The van der Waals surface area contributed by atoms with Gasteiger partial charge in [0, 0.05) is 24.5 Å². The molecule has 1 atom stereocenters. The Morgan fingerprint density at radius 3 is 3.12 bits per heavy atom. The number of ether oxygens (including phenoxy) is 1. The number of rotatable bonds is 4. The Balaban J connectivity index is 2.00. The molecule has 1 aliphatic rings. The molecule has 4 heteroatoms. The molecule has 1 aromatic rings. The van der Waals surface area contributed by atoms with Crippen LogP contribution in [0, 0.1) is 0 Å². The van der Waals surface area contributed by atoms with Crippen LogP contribution >= 0.6 is 11.3 Å². The Labute approximate surface area is 108 Å². The highest BCUT2D eigenvalue weighted by Crippen LogP contribution is 2.26. The van der Waals surface area contributed by atoms with Gasteiger partial charge in [-0.05, 0) is 20.3 Å². The summed E-state index contributed by atoms with van der Waals surface area (Å²) in [4.78, 5) is 7.15. The first kappa shape index (κ1) is 13.0. The second-order valence-corrected chi connectivity index (χ2v) is 5.76. The van der Waals surface area contributed by atoms with Crippen molar-refractivity contribution >= 4 is 11.3 Å². The highest BCUT2D eigenvalue weighted by Gasteiger charge is 2.25. The van der Waals surface area contributed by atoms with E-state index in [0.29, 0.717) is 6.04 Å². The van der Waals surface area contributed by atoms with Gasteiger partial charge in [-0.15, -0.1) is 11.3 Å². The van der Waals surface area contributed by atoms with E-state index >= 15 is 0 Å². The zero-order chi connectivity index (χ0) is 12.3. The standard InChI is InChI=1S/C13H22N2OS/c1-4-5-11-9-17-13(14-11)12-8-15(10(2)3)6-7-16-12/h9-10,12H,4-8H2,1-3H3. The molecule has 0 saturated carbocycles. The van der Waals surface area contributed by atoms with Crippen LogP contribution in [0.15, 0.2) is 5.38 Å². The van der Waals surface area contributed by atoms with Crippen LogP contribution in [-0.4, -0.2) is 35.6 Å². The van der Waals surface area contributed by atoms with Crippen molar-refractivity contribution in [2.75, 3.05) is 19.7 Å². The van der Waals surface area contributed by atoms with E-state index in [1.807, 2.05) is 0 Å². The van der Waals surface area contributed by atoms with Gasteiger partial charge in [0.15, 0.2) is 0 Å². The largest absolute Gasteiger partial charge is 0.368 e. The van der Waals surface area contributed by atoms with Gasteiger partial charge in [0.05, 0.1) is 12.3 Å². The summed E-state index contributed by atoms with van der Waals surface area (Å²) >= 11 is 1.75. The van der Waals surface area contributed by atoms with Crippen LogP contribution < -0.4 is 0 Å². The van der Waals surface area contributed by atoms with Gasteiger partial charge in [-0.25, -0.2) is 4.98 Å². The van der Waals surface area contributed by atoms with Gasteiger partial charge in [-0.2, -0.15) is 0 Å². The SMILES string of the molecule is CCCc1csc(C2CN(C(C)C)CCO2)n1. The number of thiazole rings is 1. The minimum atomic E-state index is 0.182. The molecule has 96 valence electrons. The summed E-state index contributed by atoms with van der Waals surface area (Å²) in [5.41, 5.74) is 1.22. The Hall–Kier alpha value is -0.450. The maximum absolute atomic E-state index is 5.84. The van der Waals surface area contributed by atoms with Crippen LogP contribution in [0.2, 0.25) is 0 Å². The van der Waals surface area contributed by atoms with E-state index < -0.39 is 0 Å². The fraction of sp³-hybridized carbons (Fsp3) is 0.769. The smallest absolute Gasteiger partial charge is 0.123 e. The first-order valence-corrected chi connectivity index (χ1v) is 7.38. The van der Waals surface area contributed by atoms with Gasteiger partial charge in [0.1, 0.15) is 11.1 Å². The topological polar surface area (TPSA) is 25.4 Å². The van der Waals surface area contributed by atoms with Gasteiger partial charge in [-0.3, -0.25) is 4.90 Å². The molecule has 1 unspecified atom stereocenters. The Morgan fingerprint density at radius 1 is 1.59 bits per heavy atom. The molecule has 3 nitrogen and oxygen atoms in total. The molecule has 0 spiro atoms. The minimum Gasteiger partial charge on any atom is -0.368 e.